The monoisotopic (exact) mass is 477 g/mol. The maximum Gasteiger partial charge on any atom is 0.314 e. The van der Waals surface area contributed by atoms with Gasteiger partial charge in [-0.1, -0.05) is 36.0 Å². The Labute approximate surface area is 194 Å². The Hall–Kier alpha value is -2.57. The van der Waals surface area contributed by atoms with E-state index in [-0.39, 0.29) is 38.0 Å². The number of carbonyl (C=O) groups excluding carboxylic acids is 1. The Morgan fingerprint density at radius 2 is 1.78 bits per heavy atom. The van der Waals surface area contributed by atoms with Crippen LogP contribution in [-0.4, -0.2) is 26.7 Å². The van der Waals surface area contributed by atoms with Crippen LogP contribution in [0.3, 0.4) is 0 Å². The number of halogens is 3. The van der Waals surface area contributed by atoms with Gasteiger partial charge in [0.1, 0.15) is 0 Å². The number of hydrogen-bond donors (Lipinski definition) is 2. The highest BCUT2D eigenvalue weighted by molar-refractivity contribution is 6.42. The van der Waals surface area contributed by atoms with Crippen LogP contribution in [-0.2, 0) is 10.2 Å². The molecule has 2 N–H and O–H groups in total. The molecule has 1 fully saturated rings. The van der Waals surface area contributed by atoms with Gasteiger partial charge in [-0.15, -0.1) is 0 Å². The Balaban J connectivity index is 2.06. The molecule has 0 saturated heterocycles. The van der Waals surface area contributed by atoms with Crippen LogP contribution in [0, 0.1) is 18.7 Å². The third-order valence-electron chi connectivity index (χ3n) is 6.79. The maximum absolute atomic E-state index is 15.3. The van der Waals surface area contributed by atoms with Gasteiger partial charge in [0.15, 0.2) is 11.6 Å². The molecule has 0 radical (unpaired) electrons. The van der Waals surface area contributed by atoms with Crippen molar-refractivity contribution in [2.45, 2.75) is 44.9 Å². The van der Waals surface area contributed by atoms with Gasteiger partial charge in [0.2, 0.25) is 0 Å². The molecule has 1 heterocycles. The van der Waals surface area contributed by atoms with E-state index >= 15 is 4.39 Å². The molecular weight excluding hydrogens is 456 g/mol. The quantitative estimate of drug-likeness (QED) is 0.460. The van der Waals surface area contributed by atoms with E-state index < -0.39 is 28.9 Å². The summed E-state index contributed by atoms with van der Waals surface area (Å²) in [6, 6.07) is 7.00. The van der Waals surface area contributed by atoms with Gasteiger partial charge in [-0.3, -0.25) is 14.2 Å². The highest BCUT2D eigenvalue weighted by Crippen LogP contribution is 2.48. The number of nitrogens with zero attached hydrogens (tertiary/aromatic N) is 1. The van der Waals surface area contributed by atoms with Crippen molar-refractivity contribution in [1.82, 2.24) is 4.57 Å². The number of carbonyl (C=O) groups is 2. The molecule has 0 spiro atoms. The number of fused-ring (bicyclic) bond motifs is 1. The first kappa shape index (κ1) is 22.6. The number of hydrogen-bond acceptors (Lipinski definition) is 3. The summed E-state index contributed by atoms with van der Waals surface area (Å²) in [6.45, 7) is 3.20. The van der Waals surface area contributed by atoms with Crippen LogP contribution >= 0.6 is 23.2 Å². The van der Waals surface area contributed by atoms with Crippen molar-refractivity contribution in [3.63, 3.8) is 0 Å². The topological polar surface area (TPSA) is 79.5 Å². The standard InChI is InChI=1S/C24H22Cl2FNO4/c1-12-20(24(2,23(31)32)14-5-3-4-6-14)19-17(9-10-18(29)21(19)27)28(12)22(30)13-7-8-15(25)16(26)11-13/h7-11,14,29H,3-6H2,1-2H3,(H,31,32)/t24-/m1/s1. The minimum absolute atomic E-state index is 0.0484. The number of aromatic nitrogens is 1. The van der Waals surface area contributed by atoms with E-state index in [9.17, 15) is 19.8 Å². The SMILES string of the molecule is Cc1c([C@](C)(C(=O)O)C2CCCC2)c2c(F)c(O)ccc2n1C(=O)c1ccc(Cl)c(Cl)c1. The summed E-state index contributed by atoms with van der Waals surface area (Å²) in [6.07, 6.45) is 3.16. The molecule has 1 aliphatic carbocycles. The first-order valence-corrected chi connectivity index (χ1v) is 11.1. The highest BCUT2D eigenvalue weighted by atomic mass is 35.5. The van der Waals surface area contributed by atoms with Crippen LogP contribution in [0.4, 0.5) is 4.39 Å². The van der Waals surface area contributed by atoms with Crippen molar-refractivity contribution < 1.29 is 24.2 Å². The summed E-state index contributed by atoms with van der Waals surface area (Å²) in [5, 5.41) is 20.8. The first-order valence-electron chi connectivity index (χ1n) is 10.3. The number of rotatable bonds is 4. The molecule has 1 atom stereocenters. The van der Waals surface area contributed by atoms with Crippen LogP contribution < -0.4 is 0 Å². The number of carboxylic acid groups (broad SMARTS) is 1. The van der Waals surface area contributed by atoms with Crippen LogP contribution in [0.1, 0.15) is 54.2 Å². The predicted octanol–water partition coefficient (Wildman–Crippen LogP) is 6.32. The van der Waals surface area contributed by atoms with E-state index in [1.54, 1.807) is 13.8 Å². The first-order chi connectivity index (χ1) is 15.1. The molecule has 0 unspecified atom stereocenters. The number of phenolic OH excluding ortho intramolecular Hbond substituents is 1. The van der Waals surface area contributed by atoms with E-state index in [0.29, 0.717) is 18.5 Å². The Bertz CT molecular complexity index is 1260. The third-order valence-corrected chi connectivity index (χ3v) is 7.53. The van der Waals surface area contributed by atoms with Crippen molar-refractivity contribution in [3.8, 4) is 5.75 Å². The van der Waals surface area contributed by atoms with Crippen molar-refractivity contribution in [2.75, 3.05) is 0 Å². The summed E-state index contributed by atoms with van der Waals surface area (Å²) >= 11 is 12.1. The molecule has 1 aliphatic rings. The molecule has 4 rings (SSSR count). The van der Waals surface area contributed by atoms with Crippen molar-refractivity contribution in [3.05, 3.63) is 63.0 Å². The molecule has 1 aromatic heterocycles. The Morgan fingerprint density at radius 1 is 1.12 bits per heavy atom. The summed E-state index contributed by atoms with van der Waals surface area (Å²) in [5.41, 5.74) is -0.492. The van der Waals surface area contributed by atoms with E-state index in [0.717, 1.165) is 18.9 Å². The molecule has 5 nitrogen and oxygen atoms in total. The minimum atomic E-state index is -1.43. The fourth-order valence-electron chi connectivity index (χ4n) is 5.10. The smallest absolute Gasteiger partial charge is 0.314 e. The normalized spacial score (nSPS) is 16.4. The van der Waals surface area contributed by atoms with Crippen LogP contribution in [0.15, 0.2) is 30.3 Å². The molecule has 32 heavy (non-hydrogen) atoms. The molecule has 168 valence electrons. The van der Waals surface area contributed by atoms with Gasteiger partial charge in [0.05, 0.1) is 21.0 Å². The average Bonchev–Trinajstić information content (AvgIpc) is 3.38. The molecule has 0 bridgehead atoms. The van der Waals surface area contributed by atoms with Crippen LogP contribution in [0.25, 0.3) is 10.9 Å². The molecule has 2 aromatic carbocycles. The Morgan fingerprint density at radius 3 is 2.38 bits per heavy atom. The van der Waals surface area contributed by atoms with Crippen molar-refractivity contribution in [1.29, 1.82) is 0 Å². The van der Waals surface area contributed by atoms with E-state index in [1.165, 1.54) is 28.8 Å². The van der Waals surface area contributed by atoms with Crippen LogP contribution in [0.2, 0.25) is 10.0 Å². The number of phenols is 1. The molecule has 0 aliphatic heterocycles. The Kier molecular flexibility index (Phi) is 5.72. The summed E-state index contributed by atoms with van der Waals surface area (Å²) < 4.78 is 16.6. The second-order valence-electron chi connectivity index (χ2n) is 8.51. The van der Waals surface area contributed by atoms with E-state index in [1.807, 2.05) is 0 Å². The van der Waals surface area contributed by atoms with E-state index in [2.05, 4.69) is 0 Å². The van der Waals surface area contributed by atoms with Crippen LogP contribution in [0.5, 0.6) is 5.75 Å². The summed E-state index contributed by atoms with van der Waals surface area (Å²) in [4.78, 5) is 26.1. The zero-order valence-electron chi connectivity index (χ0n) is 17.6. The van der Waals surface area contributed by atoms with Gasteiger partial charge in [0, 0.05) is 22.2 Å². The minimum Gasteiger partial charge on any atom is -0.505 e. The largest absolute Gasteiger partial charge is 0.505 e. The zero-order chi connectivity index (χ0) is 23.4. The average molecular weight is 478 g/mol. The third kappa shape index (κ3) is 3.28. The number of benzene rings is 2. The fourth-order valence-corrected chi connectivity index (χ4v) is 5.39. The number of aromatic hydroxyl groups is 1. The number of carboxylic acids is 1. The predicted molar refractivity (Wildman–Crippen MR) is 121 cm³/mol. The van der Waals surface area contributed by atoms with Crippen molar-refractivity contribution >= 4 is 46.0 Å². The van der Waals surface area contributed by atoms with Crippen molar-refractivity contribution in [2.24, 2.45) is 5.92 Å². The molecular formula is C24H22Cl2FNO4. The number of aliphatic carboxylic acids is 1. The summed E-state index contributed by atoms with van der Waals surface area (Å²) in [7, 11) is 0. The van der Waals surface area contributed by atoms with Gasteiger partial charge < -0.3 is 10.2 Å². The molecule has 8 heteroatoms. The lowest BCUT2D eigenvalue weighted by Crippen LogP contribution is -2.40. The lowest BCUT2D eigenvalue weighted by atomic mass is 9.69. The van der Waals surface area contributed by atoms with Gasteiger partial charge in [-0.2, -0.15) is 0 Å². The van der Waals surface area contributed by atoms with Gasteiger partial charge in [-0.25, -0.2) is 4.39 Å². The fraction of sp³-hybridized carbons (Fsp3) is 0.333. The zero-order valence-corrected chi connectivity index (χ0v) is 19.1. The van der Waals surface area contributed by atoms with E-state index in [4.69, 9.17) is 23.2 Å². The van der Waals surface area contributed by atoms with Gasteiger partial charge in [0.25, 0.3) is 5.91 Å². The maximum atomic E-state index is 15.3. The van der Waals surface area contributed by atoms with Gasteiger partial charge >= 0.3 is 5.97 Å². The molecule has 3 aromatic rings. The second-order valence-corrected chi connectivity index (χ2v) is 9.33. The lowest BCUT2D eigenvalue weighted by Gasteiger charge is -2.32. The second kappa shape index (κ2) is 8.09. The summed E-state index contributed by atoms with van der Waals surface area (Å²) in [5.74, 6) is -3.35. The highest BCUT2D eigenvalue weighted by Gasteiger charge is 2.48. The lowest BCUT2D eigenvalue weighted by molar-refractivity contribution is -0.145. The molecule has 0 amide bonds. The molecule has 1 saturated carbocycles. The van der Waals surface area contributed by atoms with Gasteiger partial charge in [-0.05, 0) is 62.9 Å².